The molecule has 0 atom stereocenters. The zero-order valence-corrected chi connectivity index (χ0v) is 17.8. The van der Waals surface area contributed by atoms with Gasteiger partial charge in [0.1, 0.15) is 5.75 Å². The van der Waals surface area contributed by atoms with Crippen LogP contribution in [0.2, 0.25) is 0 Å². The Labute approximate surface area is 183 Å². The van der Waals surface area contributed by atoms with E-state index < -0.39 is 11.9 Å². The molecule has 3 rings (SSSR count). The summed E-state index contributed by atoms with van der Waals surface area (Å²) in [5.41, 5.74) is 6.80. The fourth-order valence-corrected chi connectivity index (χ4v) is 3.63. The number of carbonyl (C=O) groups is 3. The first-order chi connectivity index (χ1) is 14.9. The van der Waals surface area contributed by atoms with Gasteiger partial charge in [0, 0.05) is 7.05 Å². The molecule has 1 saturated heterocycles. The number of likely N-dealkylation sites (N-methyl/N-ethyl adjacent to an activating group) is 1. The Bertz CT molecular complexity index is 1060. The number of nitrogens with two attached hydrogens (primary N) is 1. The quantitative estimate of drug-likeness (QED) is 0.524. The second-order valence-electron chi connectivity index (χ2n) is 6.46. The molecule has 160 valence electrons. The first-order valence-electron chi connectivity index (χ1n) is 9.42. The highest BCUT2D eigenvalue weighted by molar-refractivity contribution is 8.18. The Kier molecular flexibility index (Phi) is 7.09. The third kappa shape index (κ3) is 5.73. The number of hydrogen-bond donors (Lipinski definition) is 1. The maximum Gasteiger partial charge on any atom is 0.338 e. The predicted molar refractivity (Wildman–Crippen MR) is 119 cm³/mol. The first-order valence-corrected chi connectivity index (χ1v) is 10.2. The first kappa shape index (κ1) is 22.1. The Morgan fingerprint density at radius 2 is 1.94 bits per heavy atom. The molecule has 9 heteroatoms. The van der Waals surface area contributed by atoms with Crippen molar-refractivity contribution in [1.29, 1.82) is 0 Å². The maximum atomic E-state index is 12.6. The third-order valence-corrected chi connectivity index (χ3v) is 5.20. The maximum absolute atomic E-state index is 12.6. The van der Waals surface area contributed by atoms with Crippen LogP contribution in [0.4, 0.5) is 5.69 Å². The van der Waals surface area contributed by atoms with E-state index in [2.05, 4.69) is 4.99 Å². The van der Waals surface area contributed by atoms with Crippen LogP contribution in [0.25, 0.3) is 6.08 Å². The number of primary amides is 1. The van der Waals surface area contributed by atoms with E-state index >= 15 is 0 Å². The van der Waals surface area contributed by atoms with Crippen LogP contribution < -0.4 is 10.5 Å². The SMILES string of the molecule is CCOC(=O)c1cccc(N=C2SC(=Cc3ccc(OCC(N)=O)cc3)C(=O)N2C)c1. The molecule has 0 unspecified atom stereocenters. The number of thioether (sulfide) groups is 1. The monoisotopic (exact) mass is 439 g/mol. The number of esters is 1. The summed E-state index contributed by atoms with van der Waals surface area (Å²) in [5, 5.41) is 0.499. The van der Waals surface area contributed by atoms with E-state index in [1.165, 1.54) is 16.7 Å². The van der Waals surface area contributed by atoms with Crippen molar-refractivity contribution >= 4 is 46.5 Å². The average molecular weight is 439 g/mol. The van der Waals surface area contributed by atoms with Crippen LogP contribution in [0, 0.1) is 0 Å². The van der Waals surface area contributed by atoms with Crippen molar-refractivity contribution in [2.45, 2.75) is 6.92 Å². The Morgan fingerprint density at radius 1 is 1.19 bits per heavy atom. The third-order valence-electron chi connectivity index (χ3n) is 4.14. The molecule has 0 saturated carbocycles. The molecule has 2 aromatic rings. The van der Waals surface area contributed by atoms with E-state index in [4.69, 9.17) is 15.2 Å². The summed E-state index contributed by atoms with van der Waals surface area (Å²) in [5.74, 6) is -0.648. The molecule has 0 spiro atoms. The zero-order valence-electron chi connectivity index (χ0n) is 17.0. The molecular formula is C22H21N3O5S. The second-order valence-corrected chi connectivity index (χ2v) is 7.47. The number of rotatable bonds is 7. The number of nitrogens with zero attached hydrogens (tertiary/aromatic N) is 2. The van der Waals surface area contributed by atoms with E-state index in [0.717, 1.165) is 5.56 Å². The summed E-state index contributed by atoms with van der Waals surface area (Å²) in [4.78, 5) is 41.8. The van der Waals surface area contributed by atoms with Gasteiger partial charge in [-0.1, -0.05) is 18.2 Å². The molecule has 8 nitrogen and oxygen atoms in total. The minimum atomic E-state index is -0.554. The number of hydrogen-bond acceptors (Lipinski definition) is 7. The molecule has 0 aliphatic carbocycles. The van der Waals surface area contributed by atoms with Gasteiger partial charge in [0.25, 0.3) is 11.8 Å². The summed E-state index contributed by atoms with van der Waals surface area (Å²) in [6, 6.07) is 13.7. The van der Waals surface area contributed by atoms with Gasteiger partial charge >= 0.3 is 5.97 Å². The molecule has 1 fully saturated rings. The van der Waals surface area contributed by atoms with Gasteiger partial charge in [0.05, 0.1) is 22.8 Å². The predicted octanol–water partition coefficient (Wildman–Crippen LogP) is 2.96. The lowest BCUT2D eigenvalue weighted by Gasteiger charge is -2.07. The smallest absolute Gasteiger partial charge is 0.338 e. The number of amides is 2. The molecule has 1 heterocycles. The average Bonchev–Trinajstić information content (AvgIpc) is 3.01. The van der Waals surface area contributed by atoms with Gasteiger partial charge in [-0.05, 0) is 60.7 Å². The molecule has 2 amide bonds. The highest BCUT2D eigenvalue weighted by Crippen LogP contribution is 2.33. The van der Waals surface area contributed by atoms with Crippen molar-refractivity contribution in [3.8, 4) is 5.75 Å². The molecule has 0 aromatic heterocycles. The van der Waals surface area contributed by atoms with Crippen LogP contribution in [0.15, 0.2) is 58.4 Å². The van der Waals surface area contributed by atoms with Crippen molar-refractivity contribution in [2.75, 3.05) is 20.3 Å². The topological polar surface area (TPSA) is 111 Å². The number of benzene rings is 2. The molecule has 1 aliphatic rings. The Balaban J connectivity index is 1.77. The number of ether oxygens (including phenoxy) is 2. The van der Waals surface area contributed by atoms with Gasteiger partial charge in [-0.25, -0.2) is 9.79 Å². The highest BCUT2D eigenvalue weighted by Gasteiger charge is 2.30. The van der Waals surface area contributed by atoms with E-state index in [1.54, 1.807) is 68.6 Å². The van der Waals surface area contributed by atoms with Crippen LogP contribution in [0.3, 0.4) is 0 Å². The van der Waals surface area contributed by atoms with Crippen LogP contribution in [0.1, 0.15) is 22.8 Å². The summed E-state index contributed by atoms with van der Waals surface area (Å²) in [6.45, 7) is 1.83. The van der Waals surface area contributed by atoms with Crippen molar-refractivity contribution in [3.05, 3.63) is 64.6 Å². The molecule has 2 N–H and O–H groups in total. The van der Waals surface area contributed by atoms with Crippen molar-refractivity contribution in [2.24, 2.45) is 10.7 Å². The van der Waals surface area contributed by atoms with Crippen molar-refractivity contribution < 1.29 is 23.9 Å². The number of carbonyl (C=O) groups excluding carboxylic acids is 3. The second kappa shape index (κ2) is 9.94. The van der Waals surface area contributed by atoms with E-state index in [0.29, 0.717) is 27.1 Å². The highest BCUT2D eigenvalue weighted by atomic mass is 32.2. The van der Waals surface area contributed by atoms with Crippen molar-refractivity contribution in [1.82, 2.24) is 4.90 Å². The zero-order chi connectivity index (χ0) is 22.4. The lowest BCUT2D eigenvalue weighted by molar-refractivity contribution is -0.121. The molecule has 1 aliphatic heterocycles. The Hall–Kier alpha value is -3.59. The van der Waals surface area contributed by atoms with Gasteiger partial charge in [-0.3, -0.25) is 14.5 Å². The normalized spacial score (nSPS) is 16.1. The summed E-state index contributed by atoms with van der Waals surface area (Å²) in [6.07, 6.45) is 1.75. The molecule has 31 heavy (non-hydrogen) atoms. The minimum Gasteiger partial charge on any atom is -0.484 e. The fourth-order valence-electron chi connectivity index (χ4n) is 2.65. The van der Waals surface area contributed by atoms with Gasteiger partial charge in [0.15, 0.2) is 11.8 Å². The van der Waals surface area contributed by atoms with Gasteiger partial charge in [0.2, 0.25) is 0 Å². The molecular weight excluding hydrogens is 418 g/mol. The van der Waals surface area contributed by atoms with E-state index in [-0.39, 0.29) is 19.1 Å². The number of amidine groups is 1. The van der Waals surface area contributed by atoms with E-state index in [9.17, 15) is 14.4 Å². The van der Waals surface area contributed by atoms with Crippen LogP contribution in [-0.2, 0) is 14.3 Å². The lowest BCUT2D eigenvalue weighted by Crippen LogP contribution is -2.23. The van der Waals surface area contributed by atoms with E-state index in [1.807, 2.05) is 0 Å². The van der Waals surface area contributed by atoms with Gasteiger partial charge in [-0.2, -0.15) is 0 Å². The summed E-state index contributed by atoms with van der Waals surface area (Å²) in [7, 11) is 1.64. The largest absolute Gasteiger partial charge is 0.484 e. The van der Waals surface area contributed by atoms with Crippen LogP contribution >= 0.6 is 11.8 Å². The molecule has 0 radical (unpaired) electrons. The van der Waals surface area contributed by atoms with Crippen LogP contribution in [0.5, 0.6) is 5.75 Å². The number of aliphatic imine (C=N–C) groups is 1. The van der Waals surface area contributed by atoms with Crippen LogP contribution in [-0.4, -0.2) is 48.1 Å². The van der Waals surface area contributed by atoms with Gasteiger partial charge in [-0.15, -0.1) is 0 Å². The van der Waals surface area contributed by atoms with Gasteiger partial charge < -0.3 is 15.2 Å². The van der Waals surface area contributed by atoms with Crippen molar-refractivity contribution in [3.63, 3.8) is 0 Å². The molecule has 0 bridgehead atoms. The standard InChI is InChI=1S/C22H21N3O5S/c1-3-29-21(28)15-5-4-6-16(12-15)24-22-25(2)20(27)18(31-22)11-14-7-9-17(10-8-14)30-13-19(23)26/h4-12H,3,13H2,1-2H3,(H2,23,26). The minimum absolute atomic E-state index is 0.181. The summed E-state index contributed by atoms with van der Waals surface area (Å²) < 4.78 is 10.2. The Morgan fingerprint density at radius 3 is 2.61 bits per heavy atom. The summed E-state index contributed by atoms with van der Waals surface area (Å²) >= 11 is 1.24. The fraction of sp³-hybridized carbons (Fsp3) is 0.182. The lowest BCUT2D eigenvalue weighted by atomic mass is 10.2. The molecule has 2 aromatic carbocycles.